The van der Waals surface area contributed by atoms with Crippen molar-refractivity contribution in [3.8, 4) is 0 Å². The minimum atomic E-state index is -1.16. The summed E-state index contributed by atoms with van der Waals surface area (Å²) < 4.78 is 5.86. The van der Waals surface area contributed by atoms with Gasteiger partial charge in [-0.05, 0) is 44.4 Å². The summed E-state index contributed by atoms with van der Waals surface area (Å²) in [7, 11) is 1.79. The number of carbonyl (C=O) groups is 3. The molecular weight excluding hydrogens is 470 g/mol. The highest BCUT2D eigenvalue weighted by Crippen LogP contribution is 2.38. The van der Waals surface area contributed by atoms with Gasteiger partial charge in [0, 0.05) is 19.3 Å². The first-order valence-corrected chi connectivity index (χ1v) is 12.7. The van der Waals surface area contributed by atoms with Crippen LogP contribution in [0.15, 0.2) is 60.7 Å². The number of nitrogens with two attached hydrogens (primary N) is 1. The van der Waals surface area contributed by atoms with Gasteiger partial charge in [-0.3, -0.25) is 14.4 Å². The molecule has 2 atom stereocenters. The second-order valence-corrected chi connectivity index (χ2v) is 10.6. The molecule has 0 aromatic heterocycles. The van der Waals surface area contributed by atoms with Crippen LogP contribution in [0.2, 0.25) is 0 Å². The molecular formula is C28H37N5O4. The normalized spacial score (nSPS) is 20.9. The van der Waals surface area contributed by atoms with Crippen LogP contribution >= 0.6 is 0 Å². The molecule has 2 fully saturated rings. The number of amides is 3. The second-order valence-electron chi connectivity index (χ2n) is 10.6. The van der Waals surface area contributed by atoms with E-state index in [1.807, 2.05) is 60.7 Å². The van der Waals surface area contributed by atoms with E-state index in [0.717, 1.165) is 11.3 Å². The topological polar surface area (TPSA) is 108 Å². The number of nitrogens with one attached hydrogen (secondary N) is 1. The largest absolute Gasteiger partial charge is 0.374 e. The molecule has 9 nitrogen and oxygen atoms in total. The number of carbonyl (C=O) groups excluding carboxylic acids is 3. The predicted molar refractivity (Wildman–Crippen MR) is 141 cm³/mol. The minimum absolute atomic E-state index is 0.00198. The lowest BCUT2D eigenvalue weighted by molar-refractivity contribution is -0.143. The highest BCUT2D eigenvalue weighted by Gasteiger charge is 2.54. The molecule has 2 aromatic carbocycles. The number of para-hydroxylation sites is 1. The van der Waals surface area contributed by atoms with Gasteiger partial charge in [-0.25, -0.2) is 0 Å². The average molecular weight is 508 g/mol. The first kappa shape index (κ1) is 26.6. The Morgan fingerprint density at radius 1 is 1.11 bits per heavy atom. The summed E-state index contributed by atoms with van der Waals surface area (Å²) >= 11 is 0. The van der Waals surface area contributed by atoms with E-state index in [0.29, 0.717) is 32.7 Å². The number of hydrogen-bond acceptors (Lipinski definition) is 6. The number of benzene rings is 2. The summed E-state index contributed by atoms with van der Waals surface area (Å²) in [5.74, 6) is -0.721. The lowest BCUT2D eigenvalue weighted by atomic mass is 9.86. The Kier molecular flexibility index (Phi) is 7.85. The zero-order valence-corrected chi connectivity index (χ0v) is 21.9. The fourth-order valence-electron chi connectivity index (χ4n) is 5.05. The fourth-order valence-corrected chi connectivity index (χ4v) is 5.05. The molecule has 2 unspecified atom stereocenters. The van der Waals surface area contributed by atoms with Crippen molar-refractivity contribution >= 4 is 23.4 Å². The van der Waals surface area contributed by atoms with E-state index < -0.39 is 23.0 Å². The van der Waals surface area contributed by atoms with Gasteiger partial charge in [-0.2, -0.15) is 0 Å². The van der Waals surface area contributed by atoms with Crippen LogP contribution in [0.4, 0.5) is 5.69 Å². The van der Waals surface area contributed by atoms with Crippen molar-refractivity contribution in [3.05, 3.63) is 66.2 Å². The summed E-state index contributed by atoms with van der Waals surface area (Å²) in [6.07, 6.45) is 1.31. The number of likely N-dealkylation sites (N-methyl/N-ethyl adjacent to an activating group) is 1. The van der Waals surface area contributed by atoms with Gasteiger partial charge in [0.1, 0.15) is 11.6 Å². The third kappa shape index (κ3) is 5.78. The highest BCUT2D eigenvalue weighted by atomic mass is 16.5. The Morgan fingerprint density at radius 2 is 1.76 bits per heavy atom. The Bertz CT molecular complexity index is 1100. The van der Waals surface area contributed by atoms with Gasteiger partial charge < -0.3 is 30.5 Å². The maximum Gasteiger partial charge on any atom is 0.251 e. The van der Waals surface area contributed by atoms with Gasteiger partial charge >= 0.3 is 0 Å². The molecule has 0 radical (unpaired) electrons. The van der Waals surface area contributed by atoms with E-state index in [1.165, 1.54) is 0 Å². The van der Waals surface area contributed by atoms with Crippen LogP contribution < -0.4 is 16.0 Å². The number of hydrogen-bond donors (Lipinski definition) is 2. The van der Waals surface area contributed by atoms with Crippen molar-refractivity contribution < 1.29 is 19.1 Å². The molecule has 2 aliphatic heterocycles. The molecule has 2 aliphatic rings. The van der Waals surface area contributed by atoms with Gasteiger partial charge in [0.2, 0.25) is 11.8 Å². The molecule has 3 amide bonds. The zero-order valence-electron chi connectivity index (χ0n) is 21.9. The number of ether oxygens (including phenoxy) is 1. The summed E-state index contributed by atoms with van der Waals surface area (Å²) in [6.45, 7) is 4.67. The molecule has 9 heteroatoms. The Morgan fingerprint density at radius 3 is 2.41 bits per heavy atom. The van der Waals surface area contributed by atoms with Crippen molar-refractivity contribution in [1.29, 1.82) is 0 Å². The van der Waals surface area contributed by atoms with Crippen LogP contribution in [-0.4, -0.2) is 78.1 Å². The summed E-state index contributed by atoms with van der Waals surface area (Å²) in [4.78, 5) is 45.5. The van der Waals surface area contributed by atoms with Crippen molar-refractivity contribution in [2.75, 3.05) is 38.3 Å². The van der Waals surface area contributed by atoms with Gasteiger partial charge in [0.05, 0.1) is 32.0 Å². The van der Waals surface area contributed by atoms with Crippen LogP contribution in [0.1, 0.15) is 32.3 Å². The van der Waals surface area contributed by atoms with Gasteiger partial charge in [0.15, 0.2) is 0 Å². The molecule has 37 heavy (non-hydrogen) atoms. The van der Waals surface area contributed by atoms with E-state index in [1.54, 1.807) is 30.7 Å². The summed E-state index contributed by atoms with van der Waals surface area (Å²) in [5.41, 5.74) is 5.90. The maximum atomic E-state index is 13.8. The Labute approximate surface area is 218 Å². The van der Waals surface area contributed by atoms with Crippen molar-refractivity contribution in [2.24, 2.45) is 5.73 Å². The molecule has 198 valence electrons. The first-order valence-electron chi connectivity index (χ1n) is 12.7. The van der Waals surface area contributed by atoms with Crippen molar-refractivity contribution in [2.45, 2.75) is 50.4 Å². The fraction of sp³-hybridized carbons (Fsp3) is 0.464. The van der Waals surface area contributed by atoms with E-state index in [2.05, 4.69) is 10.2 Å². The lowest BCUT2D eigenvalue weighted by Crippen LogP contribution is -2.64. The number of rotatable bonds is 8. The van der Waals surface area contributed by atoms with Gasteiger partial charge in [0.25, 0.3) is 5.91 Å². The molecule has 0 aliphatic carbocycles. The number of likely N-dealkylation sites (tertiary alicyclic amines) is 1. The highest BCUT2D eigenvalue weighted by molar-refractivity contribution is 5.96. The standard InChI is InChI=1S/C28H37N5O4/c1-27(2,29)25(35)30-23(18-37-17-21-11-6-4-7-12-21)24(34)32-16-10-15-28(19-32)26(36)31(3)20-33(28)22-13-8-5-9-14-22/h4-9,11-14,23H,10,15-20,29H2,1-3H3,(H,30,35). The number of anilines is 1. The molecule has 0 saturated carbocycles. The van der Waals surface area contributed by atoms with Crippen molar-refractivity contribution in [3.63, 3.8) is 0 Å². The molecule has 2 aromatic rings. The zero-order chi connectivity index (χ0) is 26.6. The summed E-state index contributed by atoms with van der Waals surface area (Å²) in [6, 6.07) is 18.5. The van der Waals surface area contributed by atoms with Crippen LogP contribution in [0, 0.1) is 0 Å². The quantitative estimate of drug-likeness (QED) is 0.563. The minimum Gasteiger partial charge on any atom is -0.374 e. The Hall–Kier alpha value is -3.43. The van der Waals surface area contributed by atoms with Crippen LogP contribution in [0.3, 0.4) is 0 Å². The molecule has 4 rings (SSSR count). The van der Waals surface area contributed by atoms with Gasteiger partial charge in [-0.15, -0.1) is 0 Å². The average Bonchev–Trinajstić information content (AvgIpc) is 3.13. The predicted octanol–water partition coefficient (Wildman–Crippen LogP) is 1.72. The molecule has 2 heterocycles. The third-order valence-electron chi connectivity index (χ3n) is 7.05. The number of piperidine rings is 1. The third-order valence-corrected chi connectivity index (χ3v) is 7.05. The van der Waals surface area contributed by atoms with Crippen molar-refractivity contribution in [1.82, 2.24) is 15.1 Å². The van der Waals surface area contributed by atoms with E-state index >= 15 is 0 Å². The molecule has 3 N–H and O–H groups in total. The first-order chi connectivity index (χ1) is 17.6. The monoisotopic (exact) mass is 507 g/mol. The lowest BCUT2D eigenvalue weighted by Gasteiger charge is -2.45. The Balaban J connectivity index is 1.54. The second kappa shape index (κ2) is 10.9. The number of nitrogens with zero attached hydrogens (tertiary/aromatic N) is 3. The van der Waals surface area contributed by atoms with Crippen LogP contribution in [0.5, 0.6) is 0 Å². The van der Waals surface area contributed by atoms with Crippen LogP contribution in [-0.2, 0) is 25.7 Å². The SMILES string of the molecule is CN1CN(c2ccccc2)C2(CCCN(C(=O)C(COCc3ccccc3)NC(=O)C(C)(C)N)C2)C1=O. The summed E-state index contributed by atoms with van der Waals surface area (Å²) in [5, 5.41) is 2.79. The van der Waals surface area contributed by atoms with E-state index in [4.69, 9.17) is 10.5 Å². The van der Waals surface area contributed by atoms with Crippen LogP contribution in [0.25, 0.3) is 0 Å². The van der Waals surface area contributed by atoms with Gasteiger partial charge in [-0.1, -0.05) is 48.5 Å². The maximum absolute atomic E-state index is 13.8. The van der Waals surface area contributed by atoms with E-state index in [-0.39, 0.29) is 25.0 Å². The molecule has 2 saturated heterocycles. The molecule has 1 spiro atoms. The van der Waals surface area contributed by atoms with E-state index in [9.17, 15) is 14.4 Å². The molecule has 0 bridgehead atoms. The smallest absolute Gasteiger partial charge is 0.251 e.